The van der Waals surface area contributed by atoms with Gasteiger partial charge in [-0.3, -0.25) is 4.40 Å². The Labute approximate surface area is 116 Å². The second-order valence-corrected chi connectivity index (χ2v) is 4.99. The van der Waals surface area contributed by atoms with Crippen LogP contribution in [0.25, 0.3) is 5.65 Å². The number of fused-ring (bicyclic) bond motifs is 1. The van der Waals surface area contributed by atoms with Gasteiger partial charge >= 0.3 is 0 Å². The van der Waals surface area contributed by atoms with Gasteiger partial charge in [0.25, 0.3) is 0 Å². The molecule has 0 aliphatic carbocycles. The second-order valence-electron chi connectivity index (χ2n) is 4.60. The first-order valence-electron chi connectivity index (χ1n) is 6.06. The van der Waals surface area contributed by atoms with Crippen LogP contribution in [-0.4, -0.2) is 19.6 Å². The third-order valence-corrected chi connectivity index (χ3v) is 3.27. The number of hydrogen-bond acceptors (Lipinski definition) is 3. The number of nitrogens with zero attached hydrogens (tertiary/aromatic N) is 4. The first-order chi connectivity index (χ1) is 9.13. The van der Waals surface area contributed by atoms with Gasteiger partial charge < -0.3 is 0 Å². The zero-order chi connectivity index (χ0) is 13.4. The lowest BCUT2D eigenvalue weighted by Gasteiger charge is -2.04. The summed E-state index contributed by atoms with van der Waals surface area (Å²) in [4.78, 5) is 4.24. The number of aryl methyl sites for hydroxylation is 2. The molecule has 0 aliphatic rings. The summed E-state index contributed by atoms with van der Waals surface area (Å²) in [7, 11) is 0. The van der Waals surface area contributed by atoms with Gasteiger partial charge in [0.2, 0.25) is 0 Å². The van der Waals surface area contributed by atoms with Crippen LogP contribution in [0.3, 0.4) is 0 Å². The normalized spacial score (nSPS) is 11.1. The lowest BCUT2D eigenvalue weighted by Crippen LogP contribution is -2.02. The molecule has 0 radical (unpaired) electrons. The van der Waals surface area contributed by atoms with Crippen molar-refractivity contribution in [1.29, 1.82) is 0 Å². The van der Waals surface area contributed by atoms with E-state index in [0.717, 1.165) is 23.7 Å². The summed E-state index contributed by atoms with van der Waals surface area (Å²) in [6.45, 7) is 3.98. The molecule has 0 saturated carbocycles. The van der Waals surface area contributed by atoms with Crippen molar-refractivity contribution in [3.05, 3.63) is 58.3 Å². The van der Waals surface area contributed by atoms with E-state index in [-0.39, 0.29) is 0 Å². The van der Waals surface area contributed by atoms with Crippen LogP contribution in [0, 0.1) is 13.8 Å². The molecule has 0 spiro atoms. The molecule has 96 valence electrons. The SMILES string of the molecule is Cc1ccc(Cc2nnc3cc(Cl)nc(C)n23)cc1. The van der Waals surface area contributed by atoms with E-state index in [9.17, 15) is 0 Å². The van der Waals surface area contributed by atoms with E-state index in [4.69, 9.17) is 11.6 Å². The summed E-state index contributed by atoms with van der Waals surface area (Å²) in [5.74, 6) is 1.68. The highest BCUT2D eigenvalue weighted by Crippen LogP contribution is 2.15. The lowest BCUT2D eigenvalue weighted by molar-refractivity contribution is 0.884. The van der Waals surface area contributed by atoms with Gasteiger partial charge in [0.1, 0.15) is 16.8 Å². The Morgan fingerprint density at radius 3 is 2.58 bits per heavy atom. The minimum absolute atomic E-state index is 0.444. The highest BCUT2D eigenvalue weighted by molar-refractivity contribution is 6.29. The summed E-state index contributed by atoms with van der Waals surface area (Å²) in [5, 5.41) is 8.82. The Hall–Kier alpha value is -1.94. The Kier molecular flexibility index (Phi) is 2.95. The molecule has 0 N–H and O–H groups in total. The van der Waals surface area contributed by atoms with Gasteiger partial charge in [-0.2, -0.15) is 0 Å². The number of benzene rings is 1. The maximum atomic E-state index is 5.92. The van der Waals surface area contributed by atoms with Crippen molar-refractivity contribution in [1.82, 2.24) is 19.6 Å². The Morgan fingerprint density at radius 1 is 1.11 bits per heavy atom. The maximum Gasteiger partial charge on any atom is 0.165 e. The molecule has 5 heteroatoms. The van der Waals surface area contributed by atoms with Gasteiger partial charge in [-0.1, -0.05) is 41.4 Å². The summed E-state index contributed by atoms with van der Waals surface area (Å²) >= 11 is 5.92. The largest absolute Gasteiger partial charge is 0.266 e. The van der Waals surface area contributed by atoms with Crippen LogP contribution in [-0.2, 0) is 6.42 Å². The van der Waals surface area contributed by atoms with E-state index in [2.05, 4.69) is 46.4 Å². The molecule has 0 aliphatic heterocycles. The zero-order valence-electron chi connectivity index (χ0n) is 10.8. The fourth-order valence-corrected chi connectivity index (χ4v) is 2.34. The number of halogens is 1. The van der Waals surface area contributed by atoms with Gasteiger partial charge in [-0.05, 0) is 19.4 Å². The van der Waals surface area contributed by atoms with Crippen molar-refractivity contribution in [3.63, 3.8) is 0 Å². The highest BCUT2D eigenvalue weighted by atomic mass is 35.5. The van der Waals surface area contributed by atoms with E-state index in [1.165, 1.54) is 11.1 Å². The average Bonchev–Trinajstić information content (AvgIpc) is 2.75. The van der Waals surface area contributed by atoms with Gasteiger partial charge in [0, 0.05) is 12.5 Å². The predicted octanol–water partition coefficient (Wildman–Crippen LogP) is 2.99. The van der Waals surface area contributed by atoms with Crippen LogP contribution in [0.4, 0.5) is 0 Å². The summed E-state index contributed by atoms with van der Waals surface area (Å²) in [6, 6.07) is 10.1. The molecule has 1 aromatic carbocycles. The molecule has 19 heavy (non-hydrogen) atoms. The summed E-state index contributed by atoms with van der Waals surface area (Å²) in [6.07, 6.45) is 0.728. The van der Waals surface area contributed by atoms with Gasteiger partial charge in [-0.25, -0.2) is 4.98 Å². The van der Waals surface area contributed by atoms with Crippen molar-refractivity contribution in [2.45, 2.75) is 20.3 Å². The molecule has 4 nitrogen and oxygen atoms in total. The minimum atomic E-state index is 0.444. The van der Waals surface area contributed by atoms with E-state index in [1.807, 2.05) is 11.3 Å². The fourth-order valence-electron chi connectivity index (χ4n) is 2.12. The first-order valence-corrected chi connectivity index (χ1v) is 6.44. The van der Waals surface area contributed by atoms with Crippen molar-refractivity contribution in [2.24, 2.45) is 0 Å². The maximum absolute atomic E-state index is 5.92. The molecular weight excluding hydrogens is 260 g/mol. The van der Waals surface area contributed by atoms with Crippen LogP contribution in [0.1, 0.15) is 22.8 Å². The Bertz CT molecular complexity index is 731. The number of aromatic nitrogens is 4. The molecule has 3 rings (SSSR count). The standard InChI is InChI=1S/C14H13ClN4/c1-9-3-5-11(6-4-9)7-13-17-18-14-8-12(15)16-10(2)19(13)14/h3-6,8H,7H2,1-2H3. The third kappa shape index (κ3) is 2.31. The van der Waals surface area contributed by atoms with Crippen molar-refractivity contribution < 1.29 is 0 Å². The first kappa shape index (κ1) is 12.1. The quantitative estimate of drug-likeness (QED) is 0.674. The van der Waals surface area contributed by atoms with Gasteiger partial charge in [0.05, 0.1) is 0 Å². The third-order valence-electron chi connectivity index (χ3n) is 3.08. The molecule has 0 bridgehead atoms. The van der Waals surface area contributed by atoms with Crippen LogP contribution < -0.4 is 0 Å². The molecule has 3 aromatic rings. The molecule has 0 saturated heterocycles. The van der Waals surface area contributed by atoms with E-state index in [1.54, 1.807) is 6.07 Å². The minimum Gasteiger partial charge on any atom is -0.266 e. The van der Waals surface area contributed by atoms with E-state index >= 15 is 0 Å². The second kappa shape index (κ2) is 4.63. The summed E-state index contributed by atoms with van der Waals surface area (Å²) in [5.41, 5.74) is 3.19. The smallest absolute Gasteiger partial charge is 0.165 e. The van der Waals surface area contributed by atoms with Crippen molar-refractivity contribution in [2.75, 3.05) is 0 Å². The van der Waals surface area contributed by atoms with Gasteiger partial charge in [0.15, 0.2) is 5.65 Å². The molecule has 0 amide bonds. The van der Waals surface area contributed by atoms with Crippen LogP contribution >= 0.6 is 11.6 Å². The Balaban J connectivity index is 2.04. The fraction of sp³-hybridized carbons (Fsp3) is 0.214. The summed E-state index contributed by atoms with van der Waals surface area (Å²) < 4.78 is 1.94. The molecule has 2 aromatic heterocycles. The Morgan fingerprint density at radius 2 is 1.84 bits per heavy atom. The molecule has 0 fully saturated rings. The molecule has 2 heterocycles. The highest BCUT2D eigenvalue weighted by Gasteiger charge is 2.10. The topological polar surface area (TPSA) is 43.1 Å². The number of hydrogen-bond donors (Lipinski definition) is 0. The van der Waals surface area contributed by atoms with Crippen molar-refractivity contribution >= 4 is 17.2 Å². The van der Waals surface area contributed by atoms with Crippen LogP contribution in [0.5, 0.6) is 0 Å². The molecule has 0 atom stereocenters. The lowest BCUT2D eigenvalue weighted by atomic mass is 10.1. The van der Waals surface area contributed by atoms with Crippen molar-refractivity contribution in [3.8, 4) is 0 Å². The molecular formula is C14H13ClN4. The van der Waals surface area contributed by atoms with E-state index < -0.39 is 0 Å². The average molecular weight is 273 g/mol. The zero-order valence-corrected chi connectivity index (χ0v) is 11.5. The predicted molar refractivity (Wildman–Crippen MR) is 74.5 cm³/mol. The monoisotopic (exact) mass is 272 g/mol. The molecule has 0 unspecified atom stereocenters. The van der Waals surface area contributed by atoms with E-state index in [0.29, 0.717) is 5.15 Å². The number of rotatable bonds is 2. The van der Waals surface area contributed by atoms with Gasteiger partial charge in [-0.15, -0.1) is 10.2 Å². The van der Waals surface area contributed by atoms with Crippen LogP contribution in [0.2, 0.25) is 5.15 Å². The van der Waals surface area contributed by atoms with Crippen LogP contribution in [0.15, 0.2) is 30.3 Å².